The van der Waals surface area contributed by atoms with Crippen LogP contribution in [-0.2, 0) is 19.6 Å². The van der Waals surface area contributed by atoms with Crippen LogP contribution in [-0.4, -0.2) is 9.67 Å². The summed E-state index contributed by atoms with van der Waals surface area (Å²) in [5.41, 5.74) is 3.25. The number of aliphatic hydroxyl groups excluding tert-OH is 1. The van der Waals surface area contributed by atoms with E-state index in [4.69, 9.17) is 11.6 Å². The Hall–Kier alpha value is -0.990. The summed E-state index contributed by atoms with van der Waals surface area (Å²) in [7, 11) is 0. The van der Waals surface area contributed by atoms with Crippen molar-refractivity contribution in [3.8, 4) is 0 Å². The van der Waals surface area contributed by atoms with Gasteiger partial charge in [-0.15, -0.1) is 0 Å². The summed E-state index contributed by atoms with van der Waals surface area (Å²) in [4.78, 5) is 0. The first kappa shape index (κ1) is 12.5. The van der Waals surface area contributed by atoms with Crippen LogP contribution in [0.15, 0.2) is 18.2 Å². The average Bonchev–Trinajstić information content (AvgIpc) is 2.62. The van der Waals surface area contributed by atoms with Gasteiger partial charge in [-0.05, 0) is 30.5 Å². The van der Waals surface area contributed by atoms with Crippen LogP contribution in [0, 0.1) is 0 Å². The molecule has 0 unspecified atom stereocenters. The molecule has 0 aliphatic heterocycles. The first-order valence-electron chi connectivity index (χ1n) is 6.13. The van der Waals surface area contributed by atoms with Gasteiger partial charge in [-0.2, -0.15) is 0 Å². The van der Waals surface area contributed by atoms with Crippen molar-refractivity contribution in [3.05, 3.63) is 34.5 Å². The highest BCUT2D eigenvalue weighted by molar-refractivity contribution is 6.32. The molecular formula is C14H18ClNO. The van der Waals surface area contributed by atoms with E-state index in [1.54, 1.807) is 0 Å². The Morgan fingerprint density at radius 2 is 2.06 bits per heavy atom. The van der Waals surface area contributed by atoms with E-state index in [0.717, 1.165) is 35.9 Å². The third-order valence-electron chi connectivity index (χ3n) is 3.18. The molecule has 0 aliphatic carbocycles. The summed E-state index contributed by atoms with van der Waals surface area (Å²) in [5.74, 6) is 0. The lowest BCUT2D eigenvalue weighted by Gasteiger charge is -2.05. The van der Waals surface area contributed by atoms with E-state index in [1.165, 1.54) is 5.56 Å². The smallest absolute Gasteiger partial charge is 0.115 e. The van der Waals surface area contributed by atoms with Crippen molar-refractivity contribution < 1.29 is 5.11 Å². The zero-order valence-corrected chi connectivity index (χ0v) is 11.1. The molecule has 2 rings (SSSR count). The van der Waals surface area contributed by atoms with Crippen LogP contribution in [0.5, 0.6) is 0 Å². The molecule has 3 heteroatoms. The predicted octanol–water partition coefficient (Wildman–Crippen LogP) is 3.76. The van der Waals surface area contributed by atoms with Gasteiger partial charge in [0, 0.05) is 23.0 Å². The molecule has 0 aliphatic rings. The molecule has 0 fully saturated rings. The number of fused-ring (bicyclic) bond motifs is 1. The molecule has 0 radical (unpaired) electrons. The first-order valence-corrected chi connectivity index (χ1v) is 6.51. The van der Waals surface area contributed by atoms with Gasteiger partial charge in [0.15, 0.2) is 0 Å². The van der Waals surface area contributed by atoms with Crippen molar-refractivity contribution in [2.24, 2.45) is 0 Å². The molecule has 1 N–H and O–H groups in total. The van der Waals surface area contributed by atoms with Crippen molar-refractivity contribution in [1.29, 1.82) is 0 Å². The van der Waals surface area contributed by atoms with Crippen LogP contribution >= 0.6 is 11.6 Å². The first-order chi connectivity index (χ1) is 8.22. The standard InChI is InChI=1S/C14H18ClNO/c1-3-7-16-13-6-5-10(4-2)8-11(13)12(9-17)14(16)15/h5-6,8,17H,3-4,7,9H2,1-2H3. The topological polar surface area (TPSA) is 25.2 Å². The van der Waals surface area contributed by atoms with E-state index in [-0.39, 0.29) is 6.61 Å². The molecule has 0 saturated carbocycles. The molecule has 1 heterocycles. The highest BCUT2D eigenvalue weighted by Gasteiger charge is 2.14. The molecule has 92 valence electrons. The third kappa shape index (κ3) is 2.07. The lowest BCUT2D eigenvalue weighted by atomic mass is 10.1. The fourth-order valence-electron chi connectivity index (χ4n) is 2.25. The molecule has 0 spiro atoms. The van der Waals surface area contributed by atoms with Gasteiger partial charge >= 0.3 is 0 Å². The monoisotopic (exact) mass is 251 g/mol. The van der Waals surface area contributed by atoms with E-state index in [0.29, 0.717) is 5.15 Å². The molecule has 1 aromatic carbocycles. The van der Waals surface area contributed by atoms with Gasteiger partial charge in [0.2, 0.25) is 0 Å². The van der Waals surface area contributed by atoms with Gasteiger partial charge < -0.3 is 9.67 Å². The summed E-state index contributed by atoms with van der Waals surface area (Å²) in [6.07, 6.45) is 2.03. The maximum absolute atomic E-state index is 9.46. The quantitative estimate of drug-likeness (QED) is 0.880. The second-order valence-corrected chi connectivity index (χ2v) is 4.64. The van der Waals surface area contributed by atoms with Crippen molar-refractivity contribution in [2.45, 2.75) is 39.8 Å². The normalized spacial score (nSPS) is 11.3. The van der Waals surface area contributed by atoms with Crippen LogP contribution < -0.4 is 0 Å². The molecule has 1 aromatic heterocycles. The zero-order valence-electron chi connectivity index (χ0n) is 10.3. The number of aromatic nitrogens is 1. The Bertz CT molecular complexity index is 530. The van der Waals surface area contributed by atoms with Gasteiger partial charge in [-0.3, -0.25) is 0 Å². The summed E-state index contributed by atoms with van der Waals surface area (Å²) in [6.45, 7) is 5.14. The van der Waals surface area contributed by atoms with Crippen LogP contribution in [0.3, 0.4) is 0 Å². The fourth-order valence-corrected chi connectivity index (χ4v) is 2.59. The Kier molecular flexibility index (Phi) is 3.75. The van der Waals surface area contributed by atoms with Crippen LogP contribution in [0.2, 0.25) is 5.15 Å². The Balaban J connectivity index is 2.70. The number of nitrogens with zero attached hydrogens (tertiary/aromatic N) is 1. The van der Waals surface area contributed by atoms with Gasteiger partial charge in [0.05, 0.1) is 6.61 Å². The number of hydrogen-bond acceptors (Lipinski definition) is 1. The lowest BCUT2D eigenvalue weighted by Crippen LogP contribution is -1.96. The number of aliphatic hydroxyl groups is 1. The van der Waals surface area contributed by atoms with Crippen LogP contribution in [0.1, 0.15) is 31.4 Å². The van der Waals surface area contributed by atoms with Crippen LogP contribution in [0.4, 0.5) is 0 Å². The minimum absolute atomic E-state index is 0.000779. The van der Waals surface area contributed by atoms with Gasteiger partial charge in [0.25, 0.3) is 0 Å². The van der Waals surface area contributed by atoms with E-state index in [2.05, 4.69) is 36.6 Å². The molecule has 2 aromatic rings. The molecule has 0 amide bonds. The van der Waals surface area contributed by atoms with Crippen molar-refractivity contribution in [3.63, 3.8) is 0 Å². The number of hydrogen-bond donors (Lipinski definition) is 1. The molecular weight excluding hydrogens is 234 g/mol. The van der Waals surface area contributed by atoms with E-state index in [9.17, 15) is 5.11 Å². The highest BCUT2D eigenvalue weighted by Crippen LogP contribution is 2.31. The Labute approximate surface area is 107 Å². The molecule has 17 heavy (non-hydrogen) atoms. The van der Waals surface area contributed by atoms with Crippen molar-refractivity contribution >= 4 is 22.5 Å². The predicted molar refractivity (Wildman–Crippen MR) is 72.5 cm³/mol. The largest absolute Gasteiger partial charge is 0.392 e. The Morgan fingerprint density at radius 3 is 2.65 bits per heavy atom. The second-order valence-electron chi connectivity index (χ2n) is 4.28. The van der Waals surface area contributed by atoms with Gasteiger partial charge in [0.1, 0.15) is 5.15 Å². The minimum Gasteiger partial charge on any atom is -0.392 e. The number of aryl methyl sites for hydroxylation is 2. The molecule has 0 saturated heterocycles. The lowest BCUT2D eigenvalue weighted by molar-refractivity contribution is 0.283. The number of benzene rings is 1. The third-order valence-corrected chi connectivity index (χ3v) is 3.61. The number of rotatable bonds is 4. The maximum Gasteiger partial charge on any atom is 0.115 e. The zero-order chi connectivity index (χ0) is 12.4. The summed E-state index contributed by atoms with van der Waals surface area (Å²) in [6, 6.07) is 6.37. The van der Waals surface area contributed by atoms with E-state index >= 15 is 0 Å². The van der Waals surface area contributed by atoms with Crippen LogP contribution in [0.25, 0.3) is 10.9 Å². The summed E-state index contributed by atoms with van der Waals surface area (Å²) in [5, 5.41) is 11.2. The minimum atomic E-state index is -0.000779. The SMILES string of the molecule is CCCn1c(Cl)c(CO)c2cc(CC)ccc21. The molecule has 0 bridgehead atoms. The van der Waals surface area contributed by atoms with Gasteiger partial charge in [-0.1, -0.05) is 31.5 Å². The van der Waals surface area contributed by atoms with E-state index < -0.39 is 0 Å². The van der Waals surface area contributed by atoms with Crippen molar-refractivity contribution in [1.82, 2.24) is 4.57 Å². The second kappa shape index (κ2) is 5.11. The summed E-state index contributed by atoms with van der Waals surface area (Å²) >= 11 is 6.33. The Morgan fingerprint density at radius 1 is 1.29 bits per heavy atom. The van der Waals surface area contributed by atoms with E-state index in [1.807, 2.05) is 0 Å². The molecule has 2 nitrogen and oxygen atoms in total. The molecule has 0 atom stereocenters. The average molecular weight is 252 g/mol. The van der Waals surface area contributed by atoms with Gasteiger partial charge in [-0.25, -0.2) is 0 Å². The maximum atomic E-state index is 9.46. The highest BCUT2D eigenvalue weighted by atomic mass is 35.5. The summed E-state index contributed by atoms with van der Waals surface area (Å²) < 4.78 is 2.09. The fraction of sp³-hybridized carbons (Fsp3) is 0.429. The van der Waals surface area contributed by atoms with Crippen molar-refractivity contribution in [2.75, 3.05) is 0 Å². The number of halogens is 1.